The molecular weight excluding hydrogens is 228 g/mol. The summed E-state index contributed by atoms with van der Waals surface area (Å²) in [4.78, 5) is 16.2. The van der Waals surface area contributed by atoms with E-state index < -0.39 is 0 Å². The first kappa shape index (κ1) is 11.6. The average Bonchev–Trinajstić information content (AvgIpc) is 3.03. The molecule has 1 saturated heterocycles. The molecule has 0 atom stereocenters. The average molecular weight is 248 g/mol. The maximum atomic E-state index is 12.3. The van der Waals surface area contributed by atoms with E-state index in [1.807, 2.05) is 9.80 Å². The third-order valence-electron chi connectivity index (χ3n) is 3.88. The van der Waals surface area contributed by atoms with Gasteiger partial charge in [0.05, 0.1) is 24.5 Å². The lowest BCUT2D eigenvalue weighted by molar-refractivity contribution is 0.162. The molecule has 0 radical (unpaired) electrons. The predicted octanol–water partition coefficient (Wildman–Crippen LogP) is 2.06. The molecule has 2 aliphatic rings. The zero-order chi connectivity index (χ0) is 12.7. The van der Waals surface area contributed by atoms with Crippen LogP contribution < -0.4 is 0 Å². The fraction of sp³-hybridized carbons (Fsp3) is 0.692. The van der Waals surface area contributed by atoms with E-state index in [0.717, 1.165) is 37.3 Å². The van der Waals surface area contributed by atoms with Gasteiger partial charge >= 0.3 is 6.03 Å². The van der Waals surface area contributed by atoms with Crippen molar-refractivity contribution < 1.29 is 4.79 Å². The molecule has 1 aromatic heterocycles. The Hall–Kier alpha value is -1.52. The van der Waals surface area contributed by atoms with Gasteiger partial charge in [-0.2, -0.15) is 5.10 Å². The monoisotopic (exact) mass is 248 g/mol. The topological polar surface area (TPSA) is 52.2 Å². The maximum absolute atomic E-state index is 12.3. The Kier molecular flexibility index (Phi) is 2.76. The molecule has 18 heavy (non-hydrogen) atoms. The summed E-state index contributed by atoms with van der Waals surface area (Å²) in [5.41, 5.74) is 3.46. The van der Waals surface area contributed by atoms with E-state index in [9.17, 15) is 4.79 Å². The Bertz CT molecular complexity index is 460. The third-order valence-corrected chi connectivity index (χ3v) is 3.88. The summed E-state index contributed by atoms with van der Waals surface area (Å²) in [6.45, 7) is 7.51. The number of aromatic amines is 1. The maximum Gasteiger partial charge on any atom is 0.320 e. The van der Waals surface area contributed by atoms with Crippen LogP contribution in [0.4, 0.5) is 4.79 Å². The van der Waals surface area contributed by atoms with Gasteiger partial charge in [0.25, 0.3) is 0 Å². The lowest BCUT2D eigenvalue weighted by Gasteiger charge is -2.23. The predicted molar refractivity (Wildman–Crippen MR) is 68.1 cm³/mol. The Morgan fingerprint density at radius 2 is 1.94 bits per heavy atom. The molecule has 0 spiro atoms. The minimum Gasteiger partial charge on any atom is -0.325 e. The summed E-state index contributed by atoms with van der Waals surface area (Å²) < 4.78 is 0. The van der Waals surface area contributed by atoms with Crippen molar-refractivity contribution in [1.82, 2.24) is 20.0 Å². The Balaban J connectivity index is 1.74. The first-order chi connectivity index (χ1) is 8.66. The highest BCUT2D eigenvalue weighted by molar-refractivity contribution is 5.75. The summed E-state index contributed by atoms with van der Waals surface area (Å²) >= 11 is 0. The number of rotatable bonds is 1. The molecule has 1 aromatic rings. The van der Waals surface area contributed by atoms with E-state index in [2.05, 4.69) is 24.0 Å². The van der Waals surface area contributed by atoms with Crippen LogP contribution in [-0.4, -0.2) is 39.1 Å². The number of urea groups is 1. The molecule has 3 rings (SSSR count). The van der Waals surface area contributed by atoms with Gasteiger partial charge in [-0.15, -0.1) is 0 Å². The molecule has 3 heterocycles. The van der Waals surface area contributed by atoms with Crippen LogP contribution >= 0.6 is 0 Å². The van der Waals surface area contributed by atoms with Crippen molar-refractivity contribution in [2.75, 3.05) is 13.1 Å². The third kappa shape index (κ3) is 1.78. The molecule has 1 N–H and O–H groups in total. The summed E-state index contributed by atoms with van der Waals surface area (Å²) in [5.74, 6) is 0.409. The van der Waals surface area contributed by atoms with Crippen molar-refractivity contribution >= 4 is 6.03 Å². The van der Waals surface area contributed by atoms with Gasteiger partial charge in [-0.05, 0) is 18.8 Å². The SMILES string of the molecule is CC(C)c1n[nH]c2c1CN(C(=O)N1CCCC1)C2. The highest BCUT2D eigenvalue weighted by Gasteiger charge is 2.32. The number of hydrogen-bond acceptors (Lipinski definition) is 2. The van der Waals surface area contributed by atoms with Crippen LogP contribution in [0.25, 0.3) is 0 Å². The molecule has 0 bridgehead atoms. The van der Waals surface area contributed by atoms with E-state index in [1.165, 1.54) is 5.56 Å². The zero-order valence-corrected chi connectivity index (χ0v) is 11.1. The minimum absolute atomic E-state index is 0.187. The van der Waals surface area contributed by atoms with Crippen molar-refractivity contribution in [3.8, 4) is 0 Å². The van der Waals surface area contributed by atoms with E-state index in [1.54, 1.807) is 0 Å². The second-order valence-electron chi connectivity index (χ2n) is 5.55. The first-order valence-electron chi connectivity index (χ1n) is 6.76. The van der Waals surface area contributed by atoms with Crippen LogP contribution in [-0.2, 0) is 13.1 Å². The second-order valence-corrected chi connectivity index (χ2v) is 5.55. The number of nitrogens with zero attached hydrogens (tertiary/aromatic N) is 3. The van der Waals surface area contributed by atoms with Gasteiger partial charge in [0.2, 0.25) is 0 Å². The second kappa shape index (κ2) is 4.30. The van der Waals surface area contributed by atoms with Gasteiger partial charge in [-0.1, -0.05) is 13.8 Å². The van der Waals surface area contributed by atoms with E-state index in [0.29, 0.717) is 19.0 Å². The molecule has 0 aliphatic carbocycles. The smallest absolute Gasteiger partial charge is 0.320 e. The lowest BCUT2D eigenvalue weighted by Crippen LogP contribution is -2.38. The van der Waals surface area contributed by atoms with Gasteiger partial charge in [-0.3, -0.25) is 5.10 Å². The molecule has 98 valence electrons. The van der Waals surface area contributed by atoms with E-state index >= 15 is 0 Å². The fourth-order valence-corrected chi connectivity index (χ4v) is 2.88. The molecule has 2 amide bonds. The number of hydrogen-bond donors (Lipinski definition) is 1. The van der Waals surface area contributed by atoms with Crippen molar-refractivity contribution in [2.45, 2.75) is 45.7 Å². The van der Waals surface area contributed by atoms with Gasteiger partial charge in [0.1, 0.15) is 0 Å². The molecule has 5 heteroatoms. The standard InChI is InChI=1S/C13H20N4O/c1-9(2)12-10-7-17(8-11(10)14-15-12)13(18)16-5-3-4-6-16/h9H,3-8H2,1-2H3,(H,14,15). The van der Waals surface area contributed by atoms with Crippen LogP contribution in [0.2, 0.25) is 0 Å². The normalized spacial score (nSPS) is 18.8. The Morgan fingerprint density at radius 3 is 2.61 bits per heavy atom. The largest absolute Gasteiger partial charge is 0.325 e. The fourth-order valence-electron chi connectivity index (χ4n) is 2.88. The summed E-state index contributed by atoms with van der Waals surface area (Å²) in [5, 5.41) is 7.43. The van der Waals surface area contributed by atoms with Crippen LogP contribution in [0.5, 0.6) is 0 Å². The van der Waals surface area contributed by atoms with E-state index in [-0.39, 0.29) is 6.03 Å². The summed E-state index contributed by atoms with van der Waals surface area (Å²) in [7, 11) is 0. The molecule has 2 aliphatic heterocycles. The lowest BCUT2D eigenvalue weighted by atomic mass is 10.1. The number of carbonyl (C=O) groups excluding carboxylic acids is 1. The van der Waals surface area contributed by atoms with Crippen LogP contribution in [0.3, 0.4) is 0 Å². The highest BCUT2D eigenvalue weighted by Crippen LogP contribution is 2.29. The number of likely N-dealkylation sites (tertiary alicyclic amines) is 1. The number of amides is 2. The molecular formula is C13H20N4O. The molecule has 0 unspecified atom stereocenters. The van der Waals surface area contributed by atoms with Gasteiger partial charge in [0.15, 0.2) is 0 Å². The van der Waals surface area contributed by atoms with E-state index in [4.69, 9.17) is 0 Å². The molecule has 1 fully saturated rings. The number of carbonyl (C=O) groups is 1. The quantitative estimate of drug-likeness (QED) is 0.827. The van der Waals surface area contributed by atoms with Gasteiger partial charge in [0, 0.05) is 18.7 Å². The van der Waals surface area contributed by atoms with Gasteiger partial charge in [-0.25, -0.2) is 4.79 Å². The molecule has 0 saturated carbocycles. The number of nitrogens with one attached hydrogen (secondary N) is 1. The van der Waals surface area contributed by atoms with Gasteiger partial charge < -0.3 is 9.80 Å². The highest BCUT2D eigenvalue weighted by atomic mass is 16.2. The van der Waals surface area contributed by atoms with Crippen LogP contribution in [0, 0.1) is 0 Å². The van der Waals surface area contributed by atoms with Crippen molar-refractivity contribution in [1.29, 1.82) is 0 Å². The van der Waals surface area contributed by atoms with Crippen LogP contribution in [0.1, 0.15) is 49.6 Å². The van der Waals surface area contributed by atoms with Crippen molar-refractivity contribution in [3.63, 3.8) is 0 Å². The number of aromatic nitrogens is 2. The minimum atomic E-state index is 0.187. The number of H-pyrrole nitrogens is 1. The summed E-state index contributed by atoms with van der Waals surface area (Å²) in [6, 6.07) is 0.187. The first-order valence-corrected chi connectivity index (χ1v) is 6.76. The van der Waals surface area contributed by atoms with Crippen molar-refractivity contribution in [2.24, 2.45) is 0 Å². The van der Waals surface area contributed by atoms with Crippen molar-refractivity contribution in [3.05, 3.63) is 17.0 Å². The Morgan fingerprint density at radius 1 is 1.22 bits per heavy atom. The Labute approximate surface area is 107 Å². The van der Waals surface area contributed by atoms with Crippen LogP contribution in [0.15, 0.2) is 0 Å². The molecule has 5 nitrogen and oxygen atoms in total. The molecule has 0 aromatic carbocycles. The zero-order valence-electron chi connectivity index (χ0n) is 11.1. The summed E-state index contributed by atoms with van der Waals surface area (Å²) in [6.07, 6.45) is 2.29. The number of fused-ring (bicyclic) bond motifs is 1.